The van der Waals surface area contributed by atoms with Gasteiger partial charge in [0.05, 0.1) is 18.4 Å². The molecule has 82 valence electrons. The van der Waals surface area contributed by atoms with Crippen molar-refractivity contribution in [1.29, 1.82) is 0 Å². The van der Waals surface area contributed by atoms with Crippen molar-refractivity contribution >= 4 is 11.9 Å². The van der Waals surface area contributed by atoms with Crippen LogP contribution in [-0.4, -0.2) is 45.6 Å². The van der Waals surface area contributed by atoms with Crippen molar-refractivity contribution in [2.75, 3.05) is 13.2 Å². The molecule has 0 aliphatic rings. The minimum absolute atomic E-state index is 0.0450. The smallest absolute Gasteiger partial charge is 0.309 e. The summed E-state index contributed by atoms with van der Waals surface area (Å²) < 4.78 is 0. The van der Waals surface area contributed by atoms with Crippen molar-refractivity contribution in [2.45, 2.75) is 12.8 Å². The summed E-state index contributed by atoms with van der Waals surface area (Å²) in [6.45, 7) is -0.903. The molecule has 0 radical (unpaired) electrons. The van der Waals surface area contributed by atoms with Gasteiger partial charge in [0.1, 0.15) is 0 Å². The van der Waals surface area contributed by atoms with Crippen molar-refractivity contribution in [3.05, 3.63) is 0 Å². The Hall–Kier alpha value is -1.14. The summed E-state index contributed by atoms with van der Waals surface area (Å²) in [6, 6.07) is 0. The first-order valence-corrected chi connectivity index (χ1v) is 4.22. The Balaban J connectivity index is 4.44. The van der Waals surface area contributed by atoms with Gasteiger partial charge >= 0.3 is 11.9 Å². The van der Waals surface area contributed by atoms with E-state index in [9.17, 15) is 9.59 Å². The van der Waals surface area contributed by atoms with Crippen LogP contribution in [0.2, 0.25) is 0 Å². The van der Waals surface area contributed by atoms with E-state index in [-0.39, 0.29) is 19.4 Å². The molecule has 0 saturated heterocycles. The predicted molar refractivity (Wildman–Crippen MR) is 45.7 cm³/mol. The maximum Gasteiger partial charge on any atom is 0.309 e. The molecule has 0 aromatic heterocycles. The van der Waals surface area contributed by atoms with E-state index in [4.69, 9.17) is 20.4 Å². The Morgan fingerprint density at radius 2 is 1.50 bits per heavy atom. The topological polar surface area (TPSA) is 115 Å². The summed E-state index contributed by atoms with van der Waals surface area (Å²) in [7, 11) is 0. The summed E-state index contributed by atoms with van der Waals surface area (Å²) in [5, 5.41) is 34.5. The summed E-state index contributed by atoms with van der Waals surface area (Å²) in [6.07, 6.45) is 0.254. The molecule has 0 heterocycles. The van der Waals surface area contributed by atoms with Crippen LogP contribution in [0.3, 0.4) is 0 Å². The molecule has 6 heteroatoms. The molecule has 2 unspecified atom stereocenters. The summed E-state index contributed by atoms with van der Waals surface area (Å²) in [5.41, 5.74) is 0. The molecule has 0 saturated carbocycles. The fourth-order valence-corrected chi connectivity index (χ4v) is 1.19. The normalized spacial score (nSPS) is 14.7. The van der Waals surface area contributed by atoms with Crippen LogP contribution in [0.15, 0.2) is 0 Å². The molecule has 0 spiro atoms. The first-order valence-electron chi connectivity index (χ1n) is 4.22. The van der Waals surface area contributed by atoms with E-state index in [2.05, 4.69) is 0 Å². The molecule has 4 N–H and O–H groups in total. The van der Waals surface area contributed by atoms with Crippen LogP contribution in [0, 0.1) is 11.8 Å². The van der Waals surface area contributed by atoms with E-state index in [0.29, 0.717) is 0 Å². The van der Waals surface area contributed by atoms with Gasteiger partial charge in [-0.15, -0.1) is 0 Å². The van der Waals surface area contributed by atoms with Crippen LogP contribution in [-0.2, 0) is 9.59 Å². The van der Waals surface area contributed by atoms with Gasteiger partial charge < -0.3 is 20.4 Å². The number of aliphatic hydroxyl groups excluding tert-OH is 2. The Bertz CT molecular complexity index is 202. The van der Waals surface area contributed by atoms with E-state index < -0.39 is 30.4 Å². The quantitative estimate of drug-likeness (QED) is 0.431. The number of carboxylic acid groups (broad SMARTS) is 2. The van der Waals surface area contributed by atoms with Gasteiger partial charge in [-0.25, -0.2) is 0 Å². The molecule has 0 bridgehead atoms. The summed E-state index contributed by atoms with van der Waals surface area (Å²) in [4.78, 5) is 21.2. The summed E-state index contributed by atoms with van der Waals surface area (Å²) in [5.74, 6) is -5.05. The zero-order chi connectivity index (χ0) is 11.1. The first kappa shape index (κ1) is 12.9. The van der Waals surface area contributed by atoms with Crippen molar-refractivity contribution in [2.24, 2.45) is 11.8 Å². The lowest BCUT2D eigenvalue weighted by Crippen LogP contribution is -2.32. The van der Waals surface area contributed by atoms with Gasteiger partial charge in [0, 0.05) is 6.61 Å². The lowest BCUT2D eigenvalue weighted by Gasteiger charge is -2.17. The molecule has 0 amide bonds. The molecule has 14 heavy (non-hydrogen) atoms. The molecule has 2 atom stereocenters. The second kappa shape index (κ2) is 6.33. The largest absolute Gasteiger partial charge is 0.481 e. The maximum absolute atomic E-state index is 10.7. The zero-order valence-corrected chi connectivity index (χ0v) is 7.59. The minimum Gasteiger partial charge on any atom is -0.481 e. The van der Waals surface area contributed by atoms with Crippen molar-refractivity contribution in [3.63, 3.8) is 0 Å². The van der Waals surface area contributed by atoms with Crippen molar-refractivity contribution in [3.8, 4) is 0 Å². The highest BCUT2D eigenvalue weighted by Gasteiger charge is 2.32. The number of aliphatic carboxylic acids is 2. The Morgan fingerprint density at radius 1 is 1.00 bits per heavy atom. The first-order chi connectivity index (χ1) is 6.54. The average Bonchev–Trinajstić information content (AvgIpc) is 2.10. The van der Waals surface area contributed by atoms with Crippen LogP contribution in [0.5, 0.6) is 0 Å². The Kier molecular flexibility index (Phi) is 5.82. The maximum atomic E-state index is 10.7. The monoisotopic (exact) mass is 206 g/mol. The van der Waals surface area contributed by atoms with E-state index in [1.807, 2.05) is 0 Å². The predicted octanol–water partition coefficient (Wildman–Crippen LogP) is -0.847. The van der Waals surface area contributed by atoms with Gasteiger partial charge in [0.15, 0.2) is 0 Å². The van der Waals surface area contributed by atoms with E-state index in [1.165, 1.54) is 0 Å². The van der Waals surface area contributed by atoms with Crippen LogP contribution in [0.25, 0.3) is 0 Å². The second-order valence-electron chi connectivity index (χ2n) is 2.94. The van der Waals surface area contributed by atoms with Gasteiger partial charge in [-0.3, -0.25) is 9.59 Å². The van der Waals surface area contributed by atoms with Gasteiger partial charge in [-0.05, 0) is 12.8 Å². The Labute approximate surface area is 80.8 Å². The summed E-state index contributed by atoms with van der Waals surface area (Å²) >= 11 is 0. The second-order valence-corrected chi connectivity index (χ2v) is 2.94. The number of aliphatic hydroxyl groups is 2. The van der Waals surface area contributed by atoms with E-state index in [1.54, 1.807) is 0 Å². The zero-order valence-electron chi connectivity index (χ0n) is 7.59. The van der Waals surface area contributed by atoms with E-state index in [0.717, 1.165) is 0 Å². The van der Waals surface area contributed by atoms with Gasteiger partial charge in [0.2, 0.25) is 0 Å². The highest BCUT2D eigenvalue weighted by atomic mass is 16.4. The number of carbonyl (C=O) groups is 2. The molecule has 0 aromatic rings. The van der Waals surface area contributed by atoms with Gasteiger partial charge in [-0.2, -0.15) is 0 Å². The number of hydrogen-bond acceptors (Lipinski definition) is 4. The lowest BCUT2D eigenvalue weighted by atomic mass is 9.89. The molecular formula is C8H14O6. The third-order valence-corrected chi connectivity index (χ3v) is 1.99. The molecular weight excluding hydrogens is 192 g/mol. The third kappa shape index (κ3) is 3.71. The fourth-order valence-electron chi connectivity index (χ4n) is 1.19. The lowest BCUT2D eigenvalue weighted by molar-refractivity contribution is -0.155. The number of hydrogen-bond donors (Lipinski definition) is 4. The number of carboxylic acids is 2. The molecule has 0 aliphatic carbocycles. The molecule has 0 aromatic carbocycles. The van der Waals surface area contributed by atoms with E-state index >= 15 is 0 Å². The minimum atomic E-state index is -1.34. The molecule has 0 fully saturated rings. The van der Waals surface area contributed by atoms with Crippen molar-refractivity contribution < 1.29 is 30.0 Å². The van der Waals surface area contributed by atoms with Crippen LogP contribution in [0.1, 0.15) is 12.8 Å². The van der Waals surface area contributed by atoms with Gasteiger partial charge in [-0.1, -0.05) is 0 Å². The molecule has 0 rings (SSSR count). The average molecular weight is 206 g/mol. The highest BCUT2D eigenvalue weighted by Crippen LogP contribution is 2.18. The SMILES string of the molecule is O=C(O)C(CO)C(CCCO)C(=O)O. The Morgan fingerprint density at radius 3 is 1.79 bits per heavy atom. The van der Waals surface area contributed by atoms with Crippen LogP contribution >= 0.6 is 0 Å². The molecule has 0 aliphatic heterocycles. The molecule has 6 nitrogen and oxygen atoms in total. The number of rotatable bonds is 7. The third-order valence-electron chi connectivity index (χ3n) is 1.99. The van der Waals surface area contributed by atoms with Gasteiger partial charge in [0.25, 0.3) is 0 Å². The highest BCUT2D eigenvalue weighted by molar-refractivity contribution is 5.80. The van der Waals surface area contributed by atoms with Crippen LogP contribution in [0.4, 0.5) is 0 Å². The fraction of sp³-hybridized carbons (Fsp3) is 0.750. The van der Waals surface area contributed by atoms with Crippen molar-refractivity contribution in [1.82, 2.24) is 0 Å². The van der Waals surface area contributed by atoms with Crippen LogP contribution < -0.4 is 0 Å². The standard InChI is InChI=1S/C8H14O6/c9-3-1-2-5(7(11)12)6(4-10)8(13)14/h5-6,9-10H,1-4H2,(H,11,12)(H,13,14).